The second-order valence-corrected chi connectivity index (χ2v) is 4.83. The van der Waals surface area contributed by atoms with Crippen molar-refractivity contribution in [3.8, 4) is 0 Å². The summed E-state index contributed by atoms with van der Waals surface area (Å²) < 4.78 is 13.6. The van der Waals surface area contributed by atoms with Gasteiger partial charge in [0.1, 0.15) is 5.82 Å². The fourth-order valence-corrected chi connectivity index (χ4v) is 1.95. The van der Waals surface area contributed by atoms with E-state index in [4.69, 9.17) is 17.3 Å². The average molecular weight is 244 g/mol. The van der Waals surface area contributed by atoms with Crippen molar-refractivity contribution < 1.29 is 4.39 Å². The van der Waals surface area contributed by atoms with E-state index in [2.05, 4.69) is 13.8 Å². The molecule has 1 aromatic rings. The molecule has 0 aliphatic heterocycles. The second-order valence-electron chi connectivity index (χ2n) is 4.43. The second kappa shape index (κ2) is 6.21. The van der Waals surface area contributed by atoms with E-state index in [-0.39, 0.29) is 16.9 Å². The minimum Gasteiger partial charge on any atom is -0.327 e. The molecule has 1 aromatic carbocycles. The number of hydrogen-bond acceptors (Lipinski definition) is 1. The first kappa shape index (κ1) is 13.5. The van der Waals surface area contributed by atoms with E-state index in [0.29, 0.717) is 17.9 Å². The summed E-state index contributed by atoms with van der Waals surface area (Å²) in [7, 11) is 0. The molecule has 3 heteroatoms. The molecule has 0 bridgehead atoms. The van der Waals surface area contributed by atoms with Crippen molar-refractivity contribution in [3.05, 3.63) is 34.6 Å². The van der Waals surface area contributed by atoms with Gasteiger partial charge in [0, 0.05) is 6.04 Å². The van der Waals surface area contributed by atoms with Crippen molar-refractivity contribution in [3.63, 3.8) is 0 Å². The van der Waals surface area contributed by atoms with Crippen LogP contribution in [-0.4, -0.2) is 6.04 Å². The number of hydrogen-bond donors (Lipinski definition) is 1. The van der Waals surface area contributed by atoms with Crippen LogP contribution < -0.4 is 5.73 Å². The summed E-state index contributed by atoms with van der Waals surface area (Å²) in [5, 5.41) is 0.174. The molecule has 0 radical (unpaired) electrons. The third kappa shape index (κ3) is 3.76. The SMILES string of the molecule is CCC(C)CC(N)Cc1cccc(Cl)c1F. The van der Waals surface area contributed by atoms with Gasteiger partial charge >= 0.3 is 0 Å². The lowest BCUT2D eigenvalue weighted by atomic mass is 9.95. The molecule has 0 aliphatic carbocycles. The van der Waals surface area contributed by atoms with Crippen molar-refractivity contribution in [2.24, 2.45) is 11.7 Å². The summed E-state index contributed by atoms with van der Waals surface area (Å²) in [5.41, 5.74) is 6.61. The average Bonchev–Trinajstić information content (AvgIpc) is 2.24. The van der Waals surface area contributed by atoms with Gasteiger partial charge in [-0.2, -0.15) is 0 Å². The van der Waals surface area contributed by atoms with Gasteiger partial charge in [-0.25, -0.2) is 4.39 Å². The highest BCUT2D eigenvalue weighted by Gasteiger charge is 2.12. The Labute approximate surface area is 102 Å². The van der Waals surface area contributed by atoms with Crippen LogP contribution in [-0.2, 0) is 6.42 Å². The number of halogens is 2. The van der Waals surface area contributed by atoms with Gasteiger partial charge in [0.25, 0.3) is 0 Å². The van der Waals surface area contributed by atoms with E-state index in [1.807, 2.05) is 0 Å². The molecular formula is C13H19ClFN. The highest BCUT2D eigenvalue weighted by molar-refractivity contribution is 6.30. The van der Waals surface area contributed by atoms with Gasteiger partial charge in [-0.3, -0.25) is 0 Å². The Kier molecular flexibility index (Phi) is 5.23. The maximum absolute atomic E-state index is 13.6. The van der Waals surface area contributed by atoms with Crippen LogP contribution in [0.15, 0.2) is 18.2 Å². The summed E-state index contributed by atoms with van der Waals surface area (Å²) in [6.07, 6.45) is 2.57. The van der Waals surface area contributed by atoms with Crippen LogP contribution >= 0.6 is 11.6 Å². The first-order chi connectivity index (χ1) is 7.54. The van der Waals surface area contributed by atoms with Crippen LogP contribution in [0.3, 0.4) is 0 Å². The Morgan fingerprint density at radius 2 is 2.12 bits per heavy atom. The van der Waals surface area contributed by atoms with Gasteiger partial charge in [0.05, 0.1) is 5.02 Å². The summed E-state index contributed by atoms with van der Waals surface area (Å²) in [4.78, 5) is 0. The summed E-state index contributed by atoms with van der Waals surface area (Å²) in [6, 6.07) is 5.07. The van der Waals surface area contributed by atoms with Crippen LogP contribution in [0.2, 0.25) is 5.02 Å². The van der Waals surface area contributed by atoms with Crippen molar-refractivity contribution in [1.82, 2.24) is 0 Å². The molecule has 0 saturated heterocycles. The monoisotopic (exact) mass is 243 g/mol. The van der Waals surface area contributed by atoms with Crippen LogP contribution in [0.4, 0.5) is 4.39 Å². The summed E-state index contributed by atoms with van der Waals surface area (Å²) in [6.45, 7) is 4.30. The smallest absolute Gasteiger partial charge is 0.145 e. The highest BCUT2D eigenvalue weighted by Crippen LogP contribution is 2.20. The minimum atomic E-state index is -0.330. The summed E-state index contributed by atoms with van der Waals surface area (Å²) >= 11 is 5.71. The molecule has 0 spiro atoms. The Morgan fingerprint density at radius 3 is 2.75 bits per heavy atom. The molecule has 16 heavy (non-hydrogen) atoms. The number of rotatable bonds is 5. The topological polar surface area (TPSA) is 26.0 Å². The standard InChI is InChI=1S/C13H19ClFN/c1-3-9(2)7-11(16)8-10-5-4-6-12(14)13(10)15/h4-6,9,11H,3,7-8,16H2,1-2H3. The molecule has 1 nitrogen and oxygen atoms in total. The highest BCUT2D eigenvalue weighted by atomic mass is 35.5. The summed E-state index contributed by atoms with van der Waals surface area (Å²) in [5.74, 6) is 0.251. The molecule has 1 rings (SSSR count). The Morgan fingerprint density at radius 1 is 1.44 bits per heavy atom. The Hall–Kier alpha value is -0.600. The maximum atomic E-state index is 13.6. The van der Waals surface area contributed by atoms with Crippen LogP contribution in [0, 0.1) is 11.7 Å². The first-order valence-electron chi connectivity index (χ1n) is 5.73. The molecule has 0 amide bonds. The lowest BCUT2D eigenvalue weighted by molar-refractivity contribution is 0.446. The van der Waals surface area contributed by atoms with Gasteiger partial charge in [-0.05, 0) is 30.4 Å². The van der Waals surface area contributed by atoms with Gasteiger partial charge in [-0.15, -0.1) is 0 Å². The molecule has 2 unspecified atom stereocenters. The van der Waals surface area contributed by atoms with Crippen LogP contribution in [0.25, 0.3) is 0 Å². The molecule has 0 saturated carbocycles. The van der Waals surface area contributed by atoms with E-state index in [1.165, 1.54) is 0 Å². The lowest BCUT2D eigenvalue weighted by Gasteiger charge is -2.16. The van der Waals surface area contributed by atoms with Gasteiger partial charge in [0.2, 0.25) is 0 Å². The molecule has 2 N–H and O–H groups in total. The number of nitrogens with two attached hydrogens (primary N) is 1. The fraction of sp³-hybridized carbons (Fsp3) is 0.538. The quantitative estimate of drug-likeness (QED) is 0.837. The third-order valence-corrected chi connectivity index (χ3v) is 3.21. The largest absolute Gasteiger partial charge is 0.327 e. The molecule has 90 valence electrons. The van der Waals surface area contributed by atoms with Crippen molar-refractivity contribution in [2.45, 2.75) is 39.2 Å². The van der Waals surface area contributed by atoms with E-state index < -0.39 is 0 Å². The number of benzene rings is 1. The first-order valence-corrected chi connectivity index (χ1v) is 6.10. The van der Waals surface area contributed by atoms with E-state index in [0.717, 1.165) is 12.8 Å². The molecule has 2 atom stereocenters. The van der Waals surface area contributed by atoms with Gasteiger partial charge in [-0.1, -0.05) is 44.0 Å². The van der Waals surface area contributed by atoms with Gasteiger partial charge < -0.3 is 5.73 Å². The van der Waals surface area contributed by atoms with Crippen molar-refractivity contribution >= 4 is 11.6 Å². The van der Waals surface area contributed by atoms with E-state index >= 15 is 0 Å². The molecule has 0 heterocycles. The molecule has 0 fully saturated rings. The predicted octanol–water partition coefficient (Wildman–Crippen LogP) is 3.79. The lowest BCUT2D eigenvalue weighted by Crippen LogP contribution is -2.25. The third-order valence-electron chi connectivity index (χ3n) is 2.92. The molecule has 0 aromatic heterocycles. The molecule has 0 aliphatic rings. The van der Waals surface area contributed by atoms with Crippen molar-refractivity contribution in [1.29, 1.82) is 0 Å². The van der Waals surface area contributed by atoms with Crippen LogP contribution in [0.1, 0.15) is 32.3 Å². The fourth-order valence-electron chi connectivity index (χ4n) is 1.76. The van der Waals surface area contributed by atoms with Crippen molar-refractivity contribution in [2.75, 3.05) is 0 Å². The normalized spacial score (nSPS) is 14.8. The zero-order valence-electron chi connectivity index (χ0n) is 9.84. The zero-order valence-corrected chi connectivity index (χ0v) is 10.6. The Bertz CT molecular complexity index is 341. The Balaban J connectivity index is 2.62. The van der Waals surface area contributed by atoms with E-state index in [9.17, 15) is 4.39 Å². The van der Waals surface area contributed by atoms with E-state index in [1.54, 1.807) is 18.2 Å². The maximum Gasteiger partial charge on any atom is 0.145 e. The zero-order chi connectivity index (χ0) is 12.1. The van der Waals surface area contributed by atoms with Gasteiger partial charge in [0.15, 0.2) is 0 Å². The minimum absolute atomic E-state index is 0.00270. The van der Waals surface area contributed by atoms with Crippen LogP contribution in [0.5, 0.6) is 0 Å². The molecular weight excluding hydrogens is 225 g/mol. The predicted molar refractivity (Wildman–Crippen MR) is 67.2 cm³/mol.